The third-order valence-electron chi connectivity index (χ3n) is 3.10. The molecule has 0 amide bonds. The van der Waals surface area contributed by atoms with Crippen molar-refractivity contribution in [2.75, 3.05) is 0 Å². The zero-order valence-electron chi connectivity index (χ0n) is 10.9. The molecular weight excluding hydrogens is 282 g/mol. The maximum absolute atomic E-state index is 11.2. The predicted octanol–water partition coefficient (Wildman–Crippen LogP) is 4.13. The van der Waals surface area contributed by atoms with E-state index >= 15 is 0 Å². The van der Waals surface area contributed by atoms with Crippen LogP contribution in [0.1, 0.15) is 25.1 Å². The van der Waals surface area contributed by atoms with E-state index in [9.17, 15) is 9.90 Å². The molecule has 2 rings (SSSR count). The summed E-state index contributed by atoms with van der Waals surface area (Å²) >= 11 is 7.52. The van der Waals surface area contributed by atoms with Gasteiger partial charge in [0, 0.05) is 16.0 Å². The predicted molar refractivity (Wildman–Crippen MR) is 78.0 cm³/mol. The molecule has 2 aromatic rings. The topological polar surface area (TPSA) is 50.2 Å². The van der Waals surface area contributed by atoms with E-state index in [1.54, 1.807) is 19.2 Å². The van der Waals surface area contributed by atoms with Gasteiger partial charge in [0.25, 0.3) is 0 Å². The van der Waals surface area contributed by atoms with E-state index < -0.39 is 11.4 Å². The molecule has 1 heterocycles. The van der Waals surface area contributed by atoms with Crippen molar-refractivity contribution in [2.45, 2.75) is 26.2 Å². The Morgan fingerprint density at radius 3 is 2.68 bits per heavy atom. The zero-order chi connectivity index (χ0) is 14.2. The summed E-state index contributed by atoms with van der Waals surface area (Å²) in [5.74, 6) is -0.883. The summed E-state index contributed by atoms with van der Waals surface area (Å²) in [5, 5.41) is 12.5. The molecule has 1 aromatic heterocycles. The van der Waals surface area contributed by atoms with Crippen molar-refractivity contribution < 1.29 is 9.90 Å². The molecule has 19 heavy (non-hydrogen) atoms. The molecule has 0 bridgehead atoms. The van der Waals surface area contributed by atoms with E-state index in [0.29, 0.717) is 10.7 Å². The fourth-order valence-corrected chi connectivity index (χ4v) is 2.69. The van der Waals surface area contributed by atoms with Crippen molar-refractivity contribution >= 4 is 28.9 Å². The van der Waals surface area contributed by atoms with Crippen molar-refractivity contribution in [3.8, 4) is 10.6 Å². The maximum atomic E-state index is 11.2. The Labute approximate surface area is 120 Å². The molecule has 0 saturated carbocycles. The van der Waals surface area contributed by atoms with E-state index in [1.165, 1.54) is 11.3 Å². The molecule has 100 valence electrons. The van der Waals surface area contributed by atoms with Gasteiger partial charge >= 0.3 is 5.97 Å². The Morgan fingerprint density at radius 2 is 2.11 bits per heavy atom. The van der Waals surface area contributed by atoms with Crippen LogP contribution in [-0.2, 0) is 10.2 Å². The number of aromatic nitrogens is 1. The van der Waals surface area contributed by atoms with Gasteiger partial charge in [0.15, 0.2) is 0 Å². The van der Waals surface area contributed by atoms with Gasteiger partial charge in [-0.2, -0.15) is 0 Å². The van der Waals surface area contributed by atoms with E-state index in [0.717, 1.165) is 16.1 Å². The van der Waals surface area contributed by atoms with Gasteiger partial charge in [-0.25, -0.2) is 4.98 Å². The lowest BCUT2D eigenvalue weighted by atomic mass is 9.90. The third-order valence-corrected chi connectivity index (χ3v) is 4.40. The Kier molecular flexibility index (Phi) is 3.65. The van der Waals surface area contributed by atoms with Gasteiger partial charge in [0.1, 0.15) is 10.4 Å². The maximum Gasteiger partial charge on any atom is 0.315 e. The number of halogens is 1. The Hall–Kier alpha value is -1.39. The highest BCUT2D eigenvalue weighted by molar-refractivity contribution is 7.13. The van der Waals surface area contributed by atoms with Crippen LogP contribution in [0.2, 0.25) is 5.02 Å². The van der Waals surface area contributed by atoms with Crippen LogP contribution in [-0.4, -0.2) is 16.1 Å². The number of hydrogen-bond acceptors (Lipinski definition) is 3. The minimum atomic E-state index is -0.983. The SMILES string of the molecule is Cc1ccc(-c2nc(C(C)(C)C(=O)O)cs2)cc1Cl. The number of benzene rings is 1. The highest BCUT2D eigenvalue weighted by Crippen LogP contribution is 2.32. The van der Waals surface area contributed by atoms with Gasteiger partial charge < -0.3 is 5.11 Å². The number of carbonyl (C=O) groups is 1. The molecule has 0 atom stereocenters. The average Bonchev–Trinajstić information content (AvgIpc) is 2.82. The van der Waals surface area contributed by atoms with E-state index in [1.807, 2.05) is 25.1 Å². The second-order valence-electron chi connectivity index (χ2n) is 4.93. The van der Waals surface area contributed by atoms with Crippen LogP contribution in [0.25, 0.3) is 10.6 Å². The quantitative estimate of drug-likeness (QED) is 0.926. The van der Waals surface area contributed by atoms with Gasteiger partial charge in [-0.15, -0.1) is 11.3 Å². The second kappa shape index (κ2) is 4.94. The molecule has 0 aliphatic rings. The van der Waals surface area contributed by atoms with Crippen LogP contribution in [0.3, 0.4) is 0 Å². The number of carboxylic acid groups (broad SMARTS) is 1. The minimum Gasteiger partial charge on any atom is -0.481 e. The minimum absolute atomic E-state index is 0.566. The largest absolute Gasteiger partial charge is 0.481 e. The van der Waals surface area contributed by atoms with Gasteiger partial charge in [0.05, 0.1) is 5.69 Å². The fourth-order valence-electron chi connectivity index (χ4n) is 1.53. The van der Waals surface area contributed by atoms with Crippen LogP contribution in [0, 0.1) is 6.92 Å². The number of thiazole rings is 1. The highest BCUT2D eigenvalue weighted by Gasteiger charge is 2.32. The lowest BCUT2D eigenvalue weighted by molar-refractivity contribution is -0.142. The summed E-state index contributed by atoms with van der Waals surface area (Å²) in [5.41, 5.74) is 1.50. The van der Waals surface area contributed by atoms with Gasteiger partial charge in [0.2, 0.25) is 0 Å². The summed E-state index contributed by atoms with van der Waals surface area (Å²) < 4.78 is 0. The first kappa shape index (κ1) is 14.0. The third kappa shape index (κ3) is 2.65. The lowest BCUT2D eigenvalue weighted by Crippen LogP contribution is -2.28. The molecule has 0 unspecified atom stereocenters. The second-order valence-corrected chi connectivity index (χ2v) is 6.20. The summed E-state index contributed by atoms with van der Waals surface area (Å²) in [6, 6.07) is 5.73. The van der Waals surface area contributed by atoms with E-state index in [2.05, 4.69) is 4.98 Å². The fraction of sp³-hybridized carbons (Fsp3) is 0.286. The number of rotatable bonds is 3. The van der Waals surface area contributed by atoms with Gasteiger partial charge in [-0.3, -0.25) is 4.79 Å². The van der Waals surface area contributed by atoms with Gasteiger partial charge in [-0.1, -0.05) is 23.7 Å². The van der Waals surface area contributed by atoms with Crippen LogP contribution >= 0.6 is 22.9 Å². The molecule has 1 N–H and O–H groups in total. The van der Waals surface area contributed by atoms with Crippen molar-refractivity contribution in [1.82, 2.24) is 4.98 Å². The smallest absolute Gasteiger partial charge is 0.315 e. The normalized spacial score (nSPS) is 11.6. The summed E-state index contributed by atoms with van der Waals surface area (Å²) in [4.78, 5) is 15.6. The Balaban J connectivity index is 2.41. The van der Waals surface area contributed by atoms with Crippen molar-refractivity contribution in [3.05, 3.63) is 39.9 Å². The summed E-state index contributed by atoms with van der Waals surface area (Å²) in [6.07, 6.45) is 0. The van der Waals surface area contributed by atoms with Crippen LogP contribution in [0.5, 0.6) is 0 Å². The van der Waals surface area contributed by atoms with E-state index in [4.69, 9.17) is 11.6 Å². The molecule has 3 nitrogen and oxygen atoms in total. The zero-order valence-corrected chi connectivity index (χ0v) is 12.5. The molecule has 1 aromatic carbocycles. The average molecular weight is 296 g/mol. The highest BCUT2D eigenvalue weighted by atomic mass is 35.5. The number of aliphatic carboxylic acids is 1. The Morgan fingerprint density at radius 1 is 1.42 bits per heavy atom. The number of carboxylic acids is 1. The van der Waals surface area contributed by atoms with Crippen LogP contribution < -0.4 is 0 Å². The summed E-state index contributed by atoms with van der Waals surface area (Å²) in [6.45, 7) is 5.24. The van der Waals surface area contributed by atoms with Crippen molar-refractivity contribution in [3.63, 3.8) is 0 Å². The lowest BCUT2D eigenvalue weighted by Gasteiger charge is -2.15. The van der Waals surface area contributed by atoms with Gasteiger partial charge in [-0.05, 0) is 32.4 Å². The molecule has 5 heteroatoms. The number of aryl methyl sites for hydroxylation is 1. The molecular formula is C14H14ClNO2S. The van der Waals surface area contributed by atoms with Crippen molar-refractivity contribution in [2.24, 2.45) is 0 Å². The first-order valence-electron chi connectivity index (χ1n) is 5.78. The summed E-state index contributed by atoms with van der Waals surface area (Å²) in [7, 11) is 0. The van der Waals surface area contributed by atoms with Crippen molar-refractivity contribution in [1.29, 1.82) is 0 Å². The molecule has 0 radical (unpaired) electrons. The van der Waals surface area contributed by atoms with Crippen LogP contribution in [0.15, 0.2) is 23.6 Å². The first-order chi connectivity index (χ1) is 8.82. The molecule has 0 saturated heterocycles. The molecule has 0 spiro atoms. The monoisotopic (exact) mass is 295 g/mol. The molecule has 0 aliphatic carbocycles. The van der Waals surface area contributed by atoms with E-state index in [-0.39, 0.29) is 0 Å². The van der Waals surface area contributed by atoms with Crippen LogP contribution in [0.4, 0.5) is 0 Å². The molecule has 0 aliphatic heterocycles. The number of nitrogens with zero attached hydrogens (tertiary/aromatic N) is 1. The molecule has 0 fully saturated rings. The standard InChI is InChI=1S/C14H14ClNO2S/c1-8-4-5-9(6-10(8)15)12-16-11(7-19-12)14(2,3)13(17)18/h4-7H,1-3H3,(H,17,18). The Bertz CT molecular complexity index is 634. The first-order valence-corrected chi connectivity index (χ1v) is 7.04. The number of hydrogen-bond donors (Lipinski definition) is 1.